The van der Waals surface area contributed by atoms with Crippen LogP contribution < -0.4 is 14.8 Å². The predicted molar refractivity (Wildman–Crippen MR) is 75.4 cm³/mol. The molecular weight excluding hydrogens is 298 g/mol. The molecule has 0 aromatic heterocycles. The zero-order chi connectivity index (χ0) is 13.4. The van der Waals surface area contributed by atoms with E-state index in [0.29, 0.717) is 0 Å². The van der Waals surface area contributed by atoms with Crippen molar-refractivity contribution in [2.75, 3.05) is 34.0 Å². The molecule has 0 amide bonds. The molecule has 0 atom stereocenters. The van der Waals surface area contributed by atoms with Gasteiger partial charge in [0.1, 0.15) is 0 Å². The Labute approximate surface area is 117 Å². The average Bonchev–Trinajstić information content (AvgIpc) is 2.39. The molecule has 18 heavy (non-hydrogen) atoms. The van der Waals surface area contributed by atoms with Crippen LogP contribution in [-0.2, 0) is 11.3 Å². The predicted octanol–water partition coefficient (Wildman–Crippen LogP) is 2.59. The van der Waals surface area contributed by atoms with Gasteiger partial charge in [0, 0.05) is 24.2 Å². The summed E-state index contributed by atoms with van der Waals surface area (Å²) in [6.07, 6.45) is 0. The Kier molecular flexibility index (Phi) is 7.08. The molecule has 0 bridgehead atoms. The number of ether oxygens (including phenoxy) is 3. The van der Waals surface area contributed by atoms with E-state index in [-0.39, 0.29) is 0 Å². The largest absolute Gasteiger partial charge is 0.493 e. The Hall–Kier alpha value is -0.780. The van der Waals surface area contributed by atoms with Crippen molar-refractivity contribution in [3.63, 3.8) is 0 Å². The van der Waals surface area contributed by atoms with Crippen LogP contribution in [0.3, 0.4) is 0 Å². The molecule has 4 nitrogen and oxygen atoms in total. The Bertz CT molecular complexity index is 371. The quantitative estimate of drug-likeness (QED) is 0.748. The summed E-state index contributed by atoms with van der Waals surface area (Å²) in [4.78, 5) is 0. The number of halogens is 1. The zero-order valence-corrected chi connectivity index (χ0v) is 12.7. The summed E-state index contributed by atoms with van der Waals surface area (Å²) in [6.45, 7) is 5.05. The van der Waals surface area contributed by atoms with E-state index in [1.54, 1.807) is 14.2 Å². The normalized spacial score (nSPS) is 10.4. The van der Waals surface area contributed by atoms with Gasteiger partial charge in [-0.2, -0.15) is 0 Å². The molecule has 1 N–H and O–H groups in total. The average molecular weight is 318 g/mol. The van der Waals surface area contributed by atoms with E-state index in [2.05, 4.69) is 21.2 Å². The van der Waals surface area contributed by atoms with Gasteiger partial charge in [0.25, 0.3) is 0 Å². The molecule has 0 aliphatic carbocycles. The third-order valence-corrected chi connectivity index (χ3v) is 3.23. The Morgan fingerprint density at radius 2 is 1.83 bits per heavy atom. The van der Waals surface area contributed by atoms with Crippen LogP contribution in [0.15, 0.2) is 16.6 Å². The lowest BCUT2D eigenvalue weighted by atomic mass is 10.2. The molecule has 5 heteroatoms. The summed E-state index contributed by atoms with van der Waals surface area (Å²) in [5.74, 6) is 1.46. The van der Waals surface area contributed by atoms with Gasteiger partial charge in [-0.05, 0) is 24.6 Å². The first kappa shape index (κ1) is 15.3. The number of hydrogen-bond acceptors (Lipinski definition) is 4. The van der Waals surface area contributed by atoms with Crippen LogP contribution in [0.1, 0.15) is 12.5 Å². The number of rotatable bonds is 8. The second kappa shape index (κ2) is 8.34. The number of hydrogen-bond donors (Lipinski definition) is 1. The molecule has 0 saturated carbocycles. The first-order valence-electron chi connectivity index (χ1n) is 5.91. The molecule has 0 heterocycles. The van der Waals surface area contributed by atoms with Gasteiger partial charge in [-0.25, -0.2) is 0 Å². The Morgan fingerprint density at radius 3 is 2.44 bits per heavy atom. The lowest BCUT2D eigenvalue weighted by Crippen LogP contribution is -2.19. The van der Waals surface area contributed by atoms with Crippen molar-refractivity contribution in [1.82, 2.24) is 5.32 Å². The van der Waals surface area contributed by atoms with Crippen molar-refractivity contribution >= 4 is 15.9 Å². The fourth-order valence-corrected chi connectivity index (χ4v) is 2.01. The van der Waals surface area contributed by atoms with Crippen molar-refractivity contribution in [1.29, 1.82) is 0 Å². The molecule has 0 radical (unpaired) electrons. The minimum absolute atomic E-state index is 0.724. The van der Waals surface area contributed by atoms with Gasteiger partial charge in [0.2, 0.25) is 0 Å². The number of nitrogens with one attached hydrogen (secondary N) is 1. The number of benzene rings is 1. The molecule has 0 aliphatic rings. The second-order valence-electron chi connectivity index (χ2n) is 3.67. The van der Waals surface area contributed by atoms with Crippen LogP contribution in [0.5, 0.6) is 11.5 Å². The van der Waals surface area contributed by atoms with Gasteiger partial charge < -0.3 is 19.5 Å². The van der Waals surface area contributed by atoms with E-state index in [1.807, 2.05) is 19.1 Å². The Morgan fingerprint density at radius 1 is 1.17 bits per heavy atom. The maximum atomic E-state index is 5.28. The standard InChI is InChI=1S/C13H20BrNO3/c1-4-18-6-5-15-9-10-7-12(16-2)13(17-3)8-11(10)14/h7-8,15H,4-6,9H2,1-3H3. The molecule has 102 valence electrons. The van der Waals surface area contributed by atoms with Crippen LogP contribution in [0.25, 0.3) is 0 Å². The molecule has 1 aromatic carbocycles. The fourth-order valence-electron chi connectivity index (χ4n) is 1.54. The molecule has 0 unspecified atom stereocenters. The van der Waals surface area contributed by atoms with Gasteiger partial charge >= 0.3 is 0 Å². The summed E-state index contributed by atoms with van der Waals surface area (Å²) in [6, 6.07) is 3.88. The lowest BCUT2D eigenvalue weighted by molar-refractivity contribution is 0.149. The highest BCUT2D eigenvalue weighted by molar-refractivity contribution is 9.10. The van der Waals surface area contributed by atoms with E-state index in [9.17, 15) is 0 Å². The number of methoxy groups -OCH3 is 2. The summed E-state index contributed by atoms with van der Waals surface area (Å²) in [5, 5.41) is 3.31. The second-order valence-corrected chi connectivity index (χ2v) is 4.53. The monoisotopic (exact) mass is 317 g/mol. The van der Waals surface area contributed by atoms with Gasteiger partial charge in [-0.15, -0.1) is 0 Å². The maximum absolute atomic E-state index is 5.28. The summed E-state index contributed by atoms with van der Waals surface area (Å²) < 4.78 is 16.8. The molecule has 0 aliphatic heterocycles. The summed E-state index contributed by atoms with van der Waals surface area (Å²) in [5.41, 5.74) is 1.13. The highest BCUT2D eigenvalue weighted by Gasteiger charge is 2.08. The third-order valence-electron chi connectivity index (χ3n) is 2.50. The SMILES string of the molecule is CCOCCNCc1cc(OC)c(OC)cc1Br. The van der Waals surface area contributed by atoms with Crippen molar-refractivity contribution in [3.05, 3.63) is 22.2 Å². The van der Waals surface area contributed by atoms with E-state index >= 15 is 0 Å². The minimum atomic E-state index is 0.724. The van der Waals surface area contributed by atoms with Crippen molar-refractivity contribution in [2.24, 2.45) is 0 Å². The molecule has 0 fully saturated rings. The van der Waals surface area contributed by atoms with E-state index in [4.69, 9.17) is 14.2 Å². The molecular formula is C13H20BrNO3. The molecule has 0 saturated heterocycles. The summed E-state index contributed by atoms with van der Waals surface area (Å²) >= 11 is 3.53. The van der Waals surface area contributed by atoms with Gasteiger partial charge in [-0.1, -0.05) is 15.9 Å². The smallest absolute Gasteiger partial charge is 0.161 e. The highest BCUT2D eigenvalue weighted by Crippen LogP contribution is 2.33. The third kappa shape index (κ3) is 4.48. The van der Waals surface area contributed by atoms with E-state index in [1.165, 1.54) is 0 Å². The van der Waals surface area contributed by atoms with E-state index < -0.39 is 0 Å². The van der Waals surface area contributed by atoms with Crippen molar-refractivity contribution < 1.29 is 14.2 Å². The molecule has 0 spiro atoms. The maximum Gasteiger partial charge on any atom is 0.161 e. The van der Waals surface area contributed by atoms with Crippen molar-refractivity contribution in [2.45, 2.75) is 13.5 Å². The fraction of sp³-hybridized carbons (Fsp3) is 0.538. The van der Waals surface area contributed by atoms with Crippen molar-refractivity contribution in [3.8, 4) is 11.5 Å². The van der Waals surface area contributed by atoms with Crippen LogP contribution in [0.2, 0.25) is 0 Å². The topological polar surface area (TPSA) is 39.7 Å². The molecule has 1 rings (SSSR count). The minimum Gasteiger partial charge on any atom is -0.493 e. The highest BCUT2D eigenvalue weighted by atomic mass is 79.9. The Balaban J connectivity index is 2.59. The van der Waals surface area contributed by atoms with Gasteiger partial charge in [0.15, 0.2) is 11.5 Å². The van der Waals surface area contributed by atoms with Gasteiger partial charge in [-0.3, -0.25) is 0 Å². The van der Waals surface area contributed by atoms with Crippen LogP contribution in [-0.4, -0.2) is 34.0 Å². The van der Waals surface area contributed by atoms with Crippen LogP contribution in [0.4, 0.5) is 0 Å². The summed E-state index contributed by atoms with van der Waals surface area (Å²) in [7, 11) is 3.27. The zero-order valence-electron chi connectivity index (χ0n) is 11.1. The first-order valence-corrected chi connectivity index (χ1v) is 6.71. The van der Waals surface area contributed by atoms with Gasteiger partial charge in [0.05, 0.1) is 20.8 Å². The van der Waals surface area contributed by atoms with E-state index in [0.717, 1.165) is 47.8 Å². The molecule has 1 aromatic rings. The van der Waals surface area contributed by atoms with Crippen LogP contribution in [0, 0.1) is 0 Å². The van der Waals surface area contributed by atoms with Crippen LogP contribution >= 0.6 is 15.9 Å². The lowest BCUT2D eigenvalue weighted by Gasteiger charge is -2.12. The first-order chi connectivity index (χ1) is 8.72.